The van der Waals surface area contributed by atoms with Gasteiger partial charge in [-0.1, -0.05) is 19.1 Å². The molecule has 1 rings (SSSR count). The Morgan fingerprint density at radius 2 is 2.19 bits per heavy atom. The highest BCUT2D eigenvalue weighted by molar-refractivity contribution is 7.99. The lowest BCUT2D eigenvalue weighted by atomic mass is 10.3. The van der Waals surface area contributed by atoms with E-state index in [0.29, 0.717) is 6.04 Å². The van der Waals surface area contributed by atoms with E-state index in [0.717, 1.165) is 17.1 Å². The van der Waals surface area contributed by atoms with Gasteiger partial charge in [0, 0.05) is 17.9 Å². The number of nitro groups is 1. The molecule has 0 saturated carbocycles. The van der Waals surface area contributed by atoms with Gasteiger partial charge < -0.3 is 5.32 Å². The van der Waals surface area contributed by atoms with Gasteiger partial charge in [0.15, 0.2) is 0 Å². The molecule has 88 valence electrons. The highest BCUT2D eigenvalue weighted by Crippen LogP contribution is 2.29. The molecule has 0 bridgehead atoms. The fourth-order valence-electron chi connectivity index (χ4n) is 1.33. The molecule has 0 saturated heterocycles. The molecule has 1 N–H and O–H groups in total. The predicted molar refractivity (Wildman–Crippen MR) is 67.0 cm³/mol. The van der Waals surface area contributed by atoms with Crippen LogP contribution < -0.4 is 5.32 Å². The second-order valence-corrected chi connectivity index (χ2v) is 4.49. The van der Waals surface area contributed by atoms with Gasteiger partial charge >= 0.3 is 0 Å². The van der Waals surface area contributed by atoms with Crippen molar-refractivity contribution in [2.45, 2.75) is 24.3 Å². The Balaban J connectivity index is 2.69. The molecule has 1 aromatic rings. The molecule has 0 radical (unpaired) electrons. The molecule has 1 aromatic carbocycles. The third kappa shape index (κ3) is 3.50. The average molecular weight is 240 g/mol. The summed E-state index contributed by atoms with van der Waals surface area (Å²) in [6.07, 6.45) is 1.02. The maximum atomic E-state index is 10.8. The summed E-state index contributed by atoms with van der Waals surface area (Å²) in [6.45, 7) is 2.10. The monoisotopic (exact) mass is 240 g/mol. The van der Waals surface area contributed by atoms with E-state index in [-0.39, 0.29) is 10.6 Å². The quantitative estimate of drug-likeness (QED) is 0.472. The van der Waals surface area contributed by atoms with Crippen molar-refractivity contribution in [1.29, 1.82) is 0 Å². The van der Waals surface area contributed by atoms with Crippen molar-refractivity contribution < 1.29 is 4.92 Å². The summed E-state index contributed by atoms with van der Waals surface area (Å²) in [6, 6.07) is 7.26. The lowest BCUT2D eigenvalue weighted by Crippen LogP contribution is -2.26. The van der Waals surface area contributed by atoms with Crippen LogP contribution in [0, 0.1) is 10.1 Å². The Hall–Kier alpha value is -1.07. The first-order valence-electron chi connectivity index (χ1n) is 5.22. The van der Waals surface area contributed by atoms with E-state index < -0.39 is 0 Å². The van der Waals surface area contributed by atoms with Gasteiger partial charge in [-0.2, -0.15) is 0 Å². The summed E-state index contributed by atoms with van der Waals surface area (Å²) in [5.74, 6) is 0.845. The summed E-state index contributed by atoms with van der Waals surface area (Å²) < 4.78 is 0. The minimum Gasteiger partial charge on any atom is -0.316 e. The van der Waals surface area contributed by atoms with E-state index in [2.05, 4.69) is 12.2 Å². The molecule has 0 aliphatic rings. The van der Waals surface area contributed by atoms with Crippen molar-refractivity contribution in [3.05, 3.63) is 34.4 Å². The van der Waals surface area contributed by atoms with Crippen LogP contribution in [0.3, 0.4) is 0 Å². The number of para-hydroxylation sites is 1. The van der Waals surface area contributed by atoms with E-state index in [1.54, 1.807) is 18.2 Å². The predicted octanol–water partition coefficient (Wildman–Crippen LogP) is 2.68. The zero-order valence-corrected chi connectivity index (χ0v) is 10.3. The molecular weight excluding hydrogens is 224 g/mol. The number of hydrogen-bond acceptors (Lipinski definition) is 4. The van der Waals surface area contributed by atoms with E-state index in [9.17, 15) is 10.1 Å². The smallest absolute Gasteiger partial charge is 0.282 e. The largest absolute Gasteiger partial charge is 0.316 e. The summed E-state index contributed by atoms with van der Waals surface area (Å²) in [5, 5.41) is 14.0. The van der Waals surface area contributed by atoms with Crippen molar-refractivity contribution in [3.8, 4) is 0 Å². The van der Waals surface area contributed by atoms with Gasteiger partial charge in [0.2, 0.25) is 0 Å². The van der Waals surface area contributed by atoms with E-state index in [4.69, 9.17) is 0 Å². The third-order valence-corrected chi connectivity index (χ3v) is 3.63. The summed E-state index contributed by atoms with van der Waals surface area (Å²) in [7, 11) is 1.91. The second kappa shape index (κ2) is 6.50. The minimum atomic E-state index is -0.331. The number of hydrogen-bond donors (Lipinski definition) is 1. The second-order valence-electron chi connectivity index (χ2n) is 3.43. The number of benzene rings is 1. The van der Waals surface area contributed by atoms with Crippen molar-refractivity contribution >= 4 is 17.4 Å². The van der Waals surface area contributed by atoms with Crippen LogP contribution in [0.15, 0.2) is 29.2 Å². The number of nitrogens with one attached hydrogen (secondary N) is 1. The van der Waals surface area contributed by atoms with Crippen LogP contribution in [0.5, 0.6) is 0 Å². The topological polar surface area (TPSA) is 55.2 Å². The van der Waals surface area contributed by atoms with Crippen LogP contribution in [0.2, 0.25) is 0 Å². The van der Waals surface area contributed by atoms with Crippen LogP contribution >= 0.6 is 11.8 Å². The molecule has 0 aliphatic carbocycles. The Morgan fingerprint density at radius 3 is 2.75 bits per heavy atom. The van der Waals surface area contributed by atoms with Crippen molar-refractivity contribution in [2.75, 3.05) is 12.8 Å². The van der Waals surface area contributed by atoms with Gasteiger partial charge in [-0.3, -0.25) is 10.1 Å². The zero-order chi connectivity index (χ0) is 12.0. The summed E-state index contributed by atoms with van der Waals surface area (Å²) in [4.78, 5) is 11.2. The van der Waals surface area contributed by atoms with Crippen LogP contribution in [0.25, 0.3) is 0 Å². The molecule has 5 heteroatoms. The average Bonchev–Trinajstić information content (AvgIpc) is 2.30. The highest BCUT2D eigenvalue weighted by Gasteiger charge is 2.13. The van der Waals surface area contributed by atoms with E-state index in [1.165, 1.54) is 11.8 Å². The van der Waals surface area contributed by atoms with Crippen molar-refractivity contribution in [2.24, 2.45) is 0 Å². The first-order valence-corrected chi connectivity index (χ1v) is 6.21. The molecule has 0 aromatic heterocycles. The Labute approximate surface area is 99.6 Å². The Kier molecular flexibility index (Phi) is 5.28. The summed E-state index contributed by atoms with van der Waals surface area (Å²) >= 11 is 1.53. The van der Waals surface area contributed by atoms with Gasteiger partial charge in [0.1, 0.15) is 0 Å². The zero-order valence-electron chi connectivity index (χ0n) is 9.47. The van der Waals surface area contributed by atoms with Crippen molar-refractivity contribution in [1.82, 2.24) is 5.32 Å². The maximum absolute atomic E-state index is 10.8. The molecule has 1 atom stereocenters. The molecule has 0 fully saturated rings. The number of rotatable bonds is 6. The first-order chi connectivity index (χ1) is 7.69. The SMILES string of the molecule is CCC(CSc1ccccc1[N+](=O)[O-])NC. The number of thioether (sulfide) groups is 1. The van der Waals surface area contributed by atoms with E-state index >= 15 is 0 Å². The van der Waals surface area contributed by atoms with Gasteiger partial charge in [-0.15, -0.1) is 11.8 Å². The molecule has 4 nitrogen and oxygen atoms in total. The first kappa shape index (κ1) is 13.0. The fourth-order valence-corrected chi connectivity index (χ4v) is 2.57. The highest BCUT2D eigenvalue weighted by atomic mass is 32.2. The van der Waals surface area contributed by atoms with Crippen molar-refractivity contribution in [3.63, 3.8) is 0 Å². The normalized spacial score (nSPS) is 12.4. The Bertz CT molecular complexity index is 354. The standard InChI is InChI=1S/C11H16N2O2S/c1-3-9(12-2)8-16-11-7-5-4-6-10(11)13(14)15/h4-7,9,12H,3,8H2,1-2H3. The summed E-state index contributed by atoms with van der Waals surface area (Å²) in [5.41, 5.74) is 0.193. The van der Waals surface area contributed by atoms with Crippen LogP contribution in [-0.2, 0) is 0 Å². The molecule has 16 heavy (non-hydrogen) atoms. The lowest BCUT2D eigenvalue weighted by molar-refractivity contribution is -0.387. The van der Waals surface area contributed by atoms with Gasteiger partial charge in [-0.05, 0) is 19.5 Å². The van der Waals surface area contributed by atoms with Crippen LogP contribution in [0.4, 0.5) is 5.69 Å². The van der Waals surface area contributed by atoms with Crippen LogP contribution in [0.1, 0.15) is 13.3 Å². The molecular formula is C11H16N2O2S. The fraction of sp³-hybridized carbons (Fsp3) is 0.455. The molecule has 0 aliphatic heterocycles. The van der Waals surface area contributed by atoms with E-state index in [1.807, 2.05) is 13.1 Å². The Morgan fingerprint density at radius 1 is 1.50 bits per heavy atom. The van der Waals surface area contributed by atoms with Gasteiger partial charge in [0.05, 0.1) is 9.82 Å². The number of nitro benzene ring substituents is 1. The lowest BCUT2D eigenvalue weighted by Gasteiger charge is -2.12. The maximum Gasteiger partial charge on any atom is 0.282 e. The number of nitrogens with zero attached hydrogens (tertiary/aromatic N) is 1. The van der Waals surface area contributed by atoms with Gasteiger partial charge in [0.25, 0.3) is 5.69 Å². The molecule has 0 heterocycles. The molecule has 0 spiro atoms. The van der Waals surface area contributed by atoms with Crippen LogP contribution in [-0.4, -0.2) is 23.8 Å². The molecule has 1 unspecified atom stereocenters. The molecule has 0 amide bonds. The van der Waals surface area contributed by atoms with Gasteiger partial charge in [-0.25, -0.2) is 0 Å². The minimum absolute atomic E-state index is 0.193. The third-order valence-electron chi connectivity index (χ3n) is 2.40.